The summed E-state index contributed by atoms with van der Waals surface area (Å²) in [6.07, 6.45) is 5.16. The maximum absolute atomic E-state index is 5.36. The molecule has 2 atom stereocenters. The standard InChI is InChI=1S/C10H21N3O2S/c1-14-8-5-3-7(4-6-8)11-9-12-13-10(15-2)16-9/h7-13H,3-6H2,1-2H3. The number of hydrogen-bond acceptors (Lipinski definition) is 6. The summed E-state index contributed by atoms with van der Waals surface area (Å²) in [6.45, 7) is 0. The van der Waals surface area contributed by atoms with Gasteiger partial charge in [-0.2, -0.15) is 0 Å². The lowest BCUT2D eigenvalue weighted by Crippen LogP contribution is -2.47. The van der Waals surface area contributed by atoms with E-state index in [1.54, 1.807) is 26.0 Å². The average molecular weight is 247 g/mol. The van der Waals surface area contributed by atoms with Crippen LogP contribution >= 0.6 is 11.8 Å². The second kappa shape index (κ2) is 6.18. The SMILES string of the molecule is COC1CCC(NC2NNC(OC)S2)CC1. The van der Waals surface area contributed by atoms with Crippen molar-refractivity contribution < 1.29 is 9.47 Å². The molecule has 2 aliphatic rings. The number of ether oxygens (including phenoxy) is 2. The van der Waals surface area contributed by atoms with Gasteiger partial charge in [0.15, 0.2) is 5.56 Å². The van der Waals surface area contributed by atoms with Crippen LogP contribution in [0.1, 0.15) is 25.7 Å². The molecule has 0 aromatic carbocycles. The Bertz CT molecular complexity index is 212. The molecule has 1 saturated heterocycles. The van der Waals surface area contributed by atoms with Crippen molar-refractivity contribution in [3.05, 3.63) is 0 Å². The highest BCUT2D eigenvalue weighted by Crippen LogP contribution is 2.24. The van der Waals surface area contributed by atoms with Crippen LogP contribution in [-0.2, 0) is 9.47 Å². The minimum absolute atomic E-state index is 0.0489. The minimum Gasteiger partial charge on any atom is -0.381 e. The maximum atomic E-state index is 5.36. The average Bonchev–Trinajstić information content (AvgIpc) is 2.78. The summed E-state index contributed by atoms with van der Waals surface area (Å²) in [4.78, 5) is 0. The molecule has 16 heavy (non-hydrogen) atoms. The predicted molar refractivity (Wildman–Crippen MR) is 64.6 cm³/mol. The zero-order valence-electron chi connectivity index (χ0n) is 9.86. The number of thioether (sulfide) groups is 1. The second-order valence-electron chi connectivity index (χ2n) is 4.25. The van der Waals surface area contributed by atoms with Crippen LogP contribution in [0.15, 0.2) is 0 Å². The Balaban J connectivity index is 1.67. The highest BCUT2D eigenvalue weighted by Gasteiger charge is 2.28. The van der Waals surface area contributed by atoms with Gasteiger partial charge in [0.2, 0.25) is 0 Å². The van der Waals surface area contributed by atoms with Gasteiger partial charge in [-0.3, -0.25) is 5.32 Å². The summed E-state index contributed by atoms with van der Waals surface area (Å²) < 4.78 is 10.6. The fourth-order valence-corrected chi connectivity index (χ4v) is 3.11. The van der Waals surface area contributed by atoms with E-state index in [-0.39, 0.29) is 11.1 Å². The van der Waals surface area contributed by atoms with Crippen molar-refractivity contribution in [2.45, 2.75) is 48.9 Å². The van der Waals surface area contributed by atoms with E-state index in [2.05, 4.69) is 16.2 Å². The lowest BCUT2D eigenvalue weighted by molar-refractivity contribution is 0.0617. The van der Waals surface area contributed by atoms with Crippen molar-refractivity contribution in [3.63, 3.8) is 0 Å². The lowest BCUT2D eigenvalue weighted by atomic mass is 9.93. The van der Waals surface area contributed by atoms with Crippen molar-refractivity contribution in [3.8, 4) is 0 Å². The Morgan fingerprint density at radius 1 is 1.06 bits per heavy atom. The first kappa shape index (κ1) is 12.6. The number of rotatable bonds is 4. The van der Waals surface area contributed by atoms with Crippen molar-refractivity contribution in [1.29, 1.82) is 0 Å². The van der Waals surface area contributed by atoms with Gasteiger partial charge in [-0.15, -0.1) is 0 Å². The zero-order chi connectivity index (χ0) is 11.4. The van der Waals surface area contributed by atoms with E-state index >= 15 is 0 Å². The molecule has 1 aliphatic carbocycles. The molecule has 2 unspecified atom stereocenters. The molecule has 0 spiro atoms. The molecule has 3 N–H and O–H groups in total. The van der Waals surface area contributed by atoms with Gasteiger partial charge in [0, 0.05) is 20.3 Å². The highest BCUT2D eigenvalue weighted by atomic mass is 32.2. The first-order chi connectivity index (χ1) is 7.81. The van der Waals surface area contributed by atoms with E-state index in [1.807, 2.05) is 0 Å². The molecule has 6 heteroatoms. The summed E-state index contributed by atoms with van der Waals surface area (Å²) in [5.41, 5.74) is 6.54. The van der Waals surface area contributed by atoms with Crippen LogP contribution in [0, 0.1) is 0 Å². The molecule has 0 bridgehead atoms. The van der Waals surface area contributed by atoms with Gasteiger partial charge in [0.1, 0.15) is 5.50 Å². The largest absolute Gasteiger partial charge is 0.381 e. The minimum atomic E-state index is 0.0489. The smallest absolute Gasteiger partial charge is 0.170 e. The first-order valence-electron chi connectivity index (χ1n) is 5.80. The molecule has 1 heterocycles. The molecule has 0 amide bonds. The van der Waals surface area contributed by atoms with Gasteiger partial charge in [-0.1, -0.05) is 11.8 Å². The van der Waals surface area contributed by atoms with Crippen molar-refractivity contribution in [2.24, 2.45) is 0 Å². The Labute approximate surface area is 101 Å². The molecule has 2 fully saturated rings. The summed E-state index contributed by atoms with van der Waals surface area (Å²) in [7, 11) is 3.51. The fraction of sp³-hybridized carbons (Fsp3) is 1.00. The molecule has 1 saturated carbocycles. The molecule has 0 radical (unpaired) electrons. The van der Waals surface area contributed by atoms with Gasteiger partial charge in [0.25, 0.3) is 0 Å². The van der Waals surface area contributed by atoms with Gasteiger partial charge in [-0.05, 0) is 25.7 Å². The van der Waals surface area contributed by atoms with Crippen LogP contribution in [0.4, 0.5) is 0 Å². The summed E-state index contributed by atoms with van der Waals surface area (Å²) in [5, 5.41) is 3.58. The van der Waals surface area contributed by atoms with Crippen LogP contribution in [-0.4, -0.2) is 37.4 Å². The summed E-state index contributed by atoms with van der Waals surface area (Å²) in [6, 6.07) is 0.591. The van der Waals surface area contributed by atoms with Crippen LogP contribution in [0.2, 0.25) is 0 Å². The van der Waals surface area contributed by atoms with Crippen LogP contribution in [0.5, 0.6) is 0 Å². The Kier molecular flexibility index (Phi) is 4.87. The third-order valence-electron chi connectivity index (χ3n) is 3.20. The van der Waals surface area contributed by atoms with E-state index in [1.165, 1.54) is 12.8 Å². The lowest BCUT2D eigenvalue weighted by Gasteiger charge is -2.29. The Morgan fingerprint density at radius 2 is 1.81 bits per heavy atom. The Morgan fingerprint density at radius 3 is 2.38 bits per heavy atom. The molecule has 94 valence electrons. The normalized spacial score (nSPS) is 40.1. The molecule has 5 nitrogen and oxygen atoms in total. The molecule has 0 aromatic heterocycles. The van der Waals surface area contributed by atoms with E-state index < -0.39 is 0 Å². The third-order valence-corrected chi connectivity index (χ3v) is 4.28. The topological polar surface area (TPSA) is 54.5 Å². The van der Waals surface area contributed by atoms with Gasteiger partial charge in [-0.25, -0.2) is 10.9 Å². The summed E-state index contributed by atoms with van der Waals surface area (Å²) in [5.74, 6) is 0. The number of hydrazine groups is 1. The number of hydrogen-bond donors (Lipinski definition) is 3. The van der Waals surface area contributed by atoms with E-state index in [4.69, 9.17) is 9.47 Å². The maximum Gasteiger partial charge on any atom is 0.170 e. The quantitative estimate of drug-likeness (QED) is 0.676. The predicted octanol–water partition coefficient (Wildman–Crippen LogP) is 0.588. The van der Waals surface area contributed by atoms with Crippen LogP contribution < -0.4 is 16.2 Å². The fourth-order valence-electron chi connectivity index (χ4n) is 2.21. The van der Waals surface area contributed by atoms with Gasteiger partial charge < -0.3 is 9.47 Å². The monoisotopic (exact) mass is 247 g/mol. The summed E-state index contributed by atoms with van der Waals surface area (Å²) >= 11 is 1.72. The van der Waals surface area contributed by atoms with Crippen molar-refractivity contribution in [2.75, 3.05) is 14.2 Å². The zero-order valence-corrected chi connectivity index (χ0v) is 10.7. The first-order valence-corrected chi connectivity index (χ1v) is 6.74. The molecule has 1 aliphatic heterocycles. The van der Waals surface area contributed by atoms with Crippen LogP contribution in [0.3, 0.4) is 0 Å². The molecular formula is C10H21N3O2S. The second-order valence-corrected chi connectivity index (χ2v) is 5.42. The molecule has 0 aromatic rings. The Hall–Kier alpha value is 0.150. The van der Waals surface area contributed by atoms with Crippen molar-refractivity contribution >= 4 is 11.8 Å². The molecule has 2 rings (SSSR count). The third kappa shape index (κ3) is 3.32. The van der Waals surface area contributed by atoms with Crippen molar-refractivity contribution in [1.82, 2.24) is 16.2 Å². The van der Waals surface area contributed by atoms with Gasteiger partial charge in [0.05, 0.1) is 6.10 Å². The molecular weight excluding hydrogens is 226 g/mol. The number of nitrogens with one attached hydrogen (secondary N) is 3. The van der Waals surface area contributed by atoms with E-state index in [9.17, 15) is 0 Å². The number of methoxy groups -OCH3 is 2. The van der Waals surface area contributed by atoms with Crippen LogP contribution in [0.25, 0.3) is 0 Å². The highest BCUT2D eigenvalue weighted by molar-refractivity contribution is 8.00. The van der Waals surface area contributed by atoms with E-state index in [0.29, 0.717) is 12.1 Å². The van der Waals surface area contributed by atoms with Gasteiger partial charge >= 0.3 is 0 Å². The van der Waals surface area contributed by atoms with E-state index in [0.717, 1.165) is 12.8 Å².